The third-order valence-corrected chi connectivity index (χ3v) is 5.55. The number of aromatic nitrogens is 1. The minimum absolute atomic E-state index is 0.171. The lowest BCUT2D eigenvalue weighted by Gasteiger charge is -2.22. The van der Waals surface area contributed by atoms with Crippen molar-refractivity contribution in [2.45, 2.75) is 13.3 Å². The smallest absolute Gasteiger partial charge is 0.262 e. The second-order valence-corrected chi connectivity index (χ2v) is 7.52. The van der Waals surface area contributed by atoms with Gasteiger partial charge in [-0.25, -0.2) is 0 Å². The number of fused-ring (bicyclic) bond motifs is 1. The molecular weight excluding hydrogens is 396 g/mol. The van der Waals surface area contributed by atoms with E-state index in [1.54, 1.807) is 54.5 Å². The number of pyridine rings is 1. The number of hydrogen-bond donors (Lipinski definition) is 0. The molecule has 0 aliphatic heterocycles. The maximum Gasteiger partial charge on any atom is 0.262 e. The normalized spacial score (nSPS) is 10.9. The number of benzene rings is 3. The van der Waals surface area contributed by atoms with Gasteiger partial charge in [0.05, 0.1) is 5.56 Å². The van der Waals surface area contributed by atoms with Crippen molar-refractivity contribution >= 4 is 34.0 Å². The van der Waals surface area contributed by atoms with Crippen LogP contribution in [-0.4, -0.2) is 17.5 Å². The number of para-hydroxylation sites is 1. The summed E-state index contributed by atoms with van der Waals surface area (Å²) in [4.78, 5) is 28.3. The Kier molecular flexibility index (Phi) is 5.42. The molecule has 0 saturated heterocycles. The van der Waals surface area contributed by atoms with Crippen molar-refractivity contribution in [2.75, 3.05) is 11.9 Å². The van der Waals surface area contributed by atoms with Gasteiger partial charge in [-0.15, -0.1) is 0 Å². The Morgan fingerprint density at radius 2 is 1.57 bits per heavy atom. The zero-order chi connectivity index (χ0) is 21.3. The molecule has 1 heterocycles. The molecule has 30 heavy (non-hydrogen) atoms. The summed E-state index contributed by atoms with van der Waals surface area (Å²) in [6.07, 6.45) is 2.44. The topological polar surface area (TPSA) is 42.3 Å². The molecule has 0 saturated carbocycles. The molecule has 4 nitrogen and oxygen atoms in total. The highest BCUT2D eigenvalue weighted by Gasteiger charge is 2.20. The first-order valence-electron chi connectivity index (χ1n) is 9.77. The number of carbonyl (C=O) groups is 1. The Bertz CT molecular complexity index is 1290. The van der Waals surface area contributed by atoms with Gasteiger partial charge in [-0.3, -0.25) is 14.2 Å². The molecule has 3 aromatic carbocycles. The van der Waals surface area contributed by atoms with Gasteiger partial charge in [-0.1, -0.05) is 54.9 Å². The Balaban J connectivity index is 1.92. The van der Waals surface area contributed by atoms with Gasteiger partial charge in [0.2, 0.25) is 0 Å². The maximum absolute atomic E-state index is 13.6. The van der Waals surface area contributed by atoms with Gasteiger partial charge in [0.25, 0.3) is 11.5 Å². The third kappa shape index (κ3) is 3.51. The van der Waals surface area contributed by atoms with Crippen molar-refractivity contribution in [1.82, 2.24) is 4.57 Å². The van der Waals surface area contributed by atoms with Crippen LogP contribution < -0.4 is 10.5 Å². The minimum atomic E-state index is -0.180. The number of nitrogens with zero attached hydrogens (tertiary/aromatic N) is 2. The summed E-state index contributed by atoms with van der Waals surface area (Å²) in [5, 5.41) is 1.72. The second kappa shape index (κ2) is 8.17. The molecule has 1 amide bonds. The third-order valence-electron chi connectivity index (χ3n) is 5.30. The van der Waals surface area contributed by atoms with Gasteiger partial charge in [0, 0.05) is 40.4 Å². The van der Waals surface area contributed by atoms with Crippen LogP contribution in [0.1, 0.15) is 22.8 Å². The Hall–Kier alpha value is -3.37. The predicted octanol–water partition coefficient (Wildman–Crippen LogP) is 5.48. The van der Waals surface area contributed by atoms with Gasteiger partial charge in [0.1, 0.15) is 0 Å². The van der Waals surface area contributed by atoms with Crippen LogP contribution in [0.4, 0.5) is 5.69 Å². The Morgan fingerprint density at radius 1 is 0.933 bits per heavy atom. The lowest BCUT2D eigenvalue weighted by Crippen LogP contribution is -2.29. The van der Waals surface area contributed by atoms with Crippen LogP contribution in [0.15, 0.2) is 83.8 Å². The number of rotatable bonds is 4. The molecule has 0 unspecified atom stereocenters. The van der Waals surface area contributed by atoms with Gasteiger partial charge >= 0.3 is 0 Å². The van der Waals surface area contributed by atoms with E-state index in [2.05, 4.69) is 6.92 Å². The van der Waals surface area contributed by atoms with Crippen molar-refractivity contribution in [3.05, 3.63) is 105 Å². The van der Waals surface area contributed by atoms with Crippen molar-refractivity contribution in [1.29, 1.82) is 0 Å². The lowest BCUT2D eigenvalue weighted by atomic mass is 10.0. The van der Waals surface area contributed by atoms with E-state index < -0.39 is 0 Å². The molecule has 0 N–H and O–H groups in total. The van der Waals surface area contributed by atoms with Gasteiger partial charge in [-0.2, -0.15) is 0 Å². The average Bonchev–Trinajstić information content (AvgIpc) is 2.79. The molecular formula is C25H21ClN2O2. The maximum atomic E-state index is 13.6. The van der Waals surface area contributed by atoms with Gasteiger partial charge in [-0.05, 0) is 48.4 Å². The summed E-state index contributed by atoms with van der Waals surface area (Å²) in [7, 11) is 1.77. The Morgan fingerprint density at radius 3 is 2.27 bits per heavy atom. The quantitative estimate of drug-likeness (QED) is 0.442. The summed E-state index contributed by atoms with van der Waals surface area (Å²) in [6, 6.07) is 22.0. The van der Waals surface area contributed by atoms with Crippen molar-refractivity contribution in [2.24, 2.45) is 0 Å². The fourth-order valence-corrected chi connectivity index (χ4v) is 3.81. The number of carbonyl (C=O) groups excluding carboxylic acids is 1. The molecule has 0 spiro atoms. The number of halogens is 1. The van der Waals surface area contributed by atoms with E-state index in [1.165, 1.54) is 4.57 Å². The van der Waals surface area contributed by atoms with E-state index in [0.717, 1.165) is 17.7 Å². The van der Waals surface area contributed by atoms with E-state index in [0.29, 0.717) is 27.0 Å². The first-order valence-corrected chi connectivity index (χ1v) is 10.2. The summed E-state index contributed by atoms with van der Waals surface area (Å²) in [5.41, 5.74) is 2.89. The molecule has 4 aromatic rings. The second-order valence-electron chi connectivity index (χ2n) is 7.09. The minimum Gasteiger partial charge on any atom is -0.311 e. The van der Waals surface area contributed by atoms with E-state index >= 15 is 0 Å². The van der Waals surface area contributed by atoms with Gasteiger partial charge < -0.3 is 4.90 Å². The first-order chi connectivity index (χ1) is 14.5. The molecule has 0 aliphatic carbocycles. The predicted molar refractivity (Wildman–Crippen MR) is 123 cm³/mol. The summed E-state index contributed by atoms with van der Waals surface area (Å²) >= 11 is 6.01. The lowest BCUT2D eigenvalue weighted by molar-refractivity contribution is 0.0994. The first kappa shape index (κ1) is 19.9. The van der Waals surface area contributed by atoms with Crippen molar-refractivity contribution in [3.63, 3.8) is 0 Å². The molecule has 0 radical (unpaired) electrons. The van der Waals surface area contributed by atoms with Crippen molar-refractivity contribution in [3.8, 4) is 5.69 Å². The molecule has 150 valence electrons. The summed E-state index contributed by atoms with van der Waals surface area (Å²) < 4.78 is 1.51. The SMILES string of the molecule is CCc1ccccc1N(C)C(=O)c1cn(-c2ccc(Cl)cc2)c(=O)c2ccccc12. The van der Waals surface area contributed by atoms with Crippen LogP contribution in [0.5, 0.6) is 0 Å². The number of hydrogen-bond acceptors (Lipinski definition) is 2. The zero-order valence-electron chi connectivity index (χ0n) is 16.8. The molecule has 0 bridgehead atoms. The standard InChI is InChI=1S/C25H21ClN2O2/c1-3-17-8-4-7-11-23(17)27(2)24(29)22-16-28(19-14-12-18(26)13-15-19)25(30)21-10-6-5-9-20(21)22/h4-16H,3H2,1-2H3. The number of aryl methyl sites for hydroxylation is 1. The fraction of sp³-hybridized carbons (Fsp3) is 0.120. The monoisotopic (exact) mass is 416 g/mol. The molecule has 1 aromatic heterocycles. The van der Waals surface area contributed by atoms with Crippen molar-refractivity contribution < 1.29 is 4.79 Å². The van der Waals surface area contributed by atoms with E-state index in [1.807, 2.05) is 36.4 Å². The van der Waals surface area contributed by atoms with Crippen LogP contribution in [0.3, 0.4) is 0 Å². The zero-order valence-corrected chi connectivity index (χ0v) is 17.6. The van der Waals surface area contributed by atoms with E-state index in [4.69, 9.17) is 11.6 Å². The molecule has 0 aliphatic rings. The van der Waals surface area contributed by atoms with Crippen LogP contribution in [0.25, 0.3) is 16.5 Å². The van der Waals surface area contributed by atoms with Gasteiger partial charge in [0.15, 0.2) is 0 Å². The van der Waals surface area contributed by atoms with Crippen LogP contribution in [0, 0.1) is 0 Å². The highest BCUT2D eigenvalue weighted by atomic mass is 35.5. The average molecular weight is 417 g/mol. The molecule has 5 heteroatoms. The van der Waals surface area contributed by atoms with Crippen LogP contribution >= 0.6 is 11.6 Å². The summed E-state index contributed by atoms with van der Waals surface area (Å²) in [6.45, 7) is 2.06. The van der Waals surface area contributed by atoms with Crippen LogP contribution in [-0.2, 0) is 6.42 Å². The molecule has 0 fully saturated rings. The van der Waals surface area contributed by atoms with E-state index in [9.17, 15) is 9.59 Å². The fourth-order valence-electron chi connectivity index (χ4n) is 3.68. The van der Waals surface area contributed by atoms with E-state index in [-0.39, 0.29) is 11.5 Å². The molecule has 4 rings (SSSR count). The largest absolute Gasteiger partial charge is 0.311 e. The number of anilines is 1. The number of amides is 1. The Labute approximate surface area is 180 Å². The highest BCUT2D eigenvalue weighted by molar-refractivity contribution is 6.30. The summed E-state index contributed by atoms with van der Waals surface area (Å²) in [5.74, 6) is -0.171. The highest BCUT2D eigenvalue weighted by Crippen LogP contribution is 2.25. The van der Waals surface area contributed by atoms with Crippen LogP contribution in [0.2, 0.25) is 5.02 Å². The molecule has 0 atom stereocenters.